The number of halogens is 2. The Bertz CT molecular complexity index is 769. The van der Waals surface area contributed by atoms with Gasteiger partial charge in [-0.25, -0.2) is 4.99 Å². The monoisotopic (exact) mass is 403 g/mol. The lowest BCUT2D eigenvalue weighted by atomic mass is 10.3. The number of thioether (sulfide) groups is 1. The summed E-state index contributed by atoms with van der Waals surface area (Å²) in [6.07, 6.45) is 3.60. The van der Waals surface area contributed by atoms with Crippen molar-refractivity contribution >= 4 is 63.9 Å². The van der Waals surface area contributed by atoms with E-state index < -0.39 is 10.8 Å². The van der Waals surface area contributed by atoms with E-state index in [0.29, 0.717) is 16.7 Å². The Balaban J connectivity index is 0.00000288. The van der Waals surface area contributed by atoms with Crippen LogP contribution in [-0.4, -0.2) is 29.7 Å². The van der Waals surface area contributed by atoms with Crippen LogP contribution in [0.15, 0.2) is 57.2 Å². The third kappa shape index (κ3) is 4.89. The van der Waals surface area contributed by atoms with Crippen LogP contribution in [-0.2, 0) is 10.8 Å². The van der Waals surface area contributed by atoms with E-state index in [1.54, 1.807) is 22.9 Å². The minimum atomic E-state index is -1.05. The molecule has 8 heteroatoms. The van der Waals surface area contributed by atoms with E-state index in [9.17, 15) is 4.21 Å². The summed E-state index contributed by atoms with van der Waals surface area (Å²) >= 11 is 7.89. The number of anilines is 1. The Morgan fingerprint density at radius 2 is 1.96 bits per heavy atom. The smallest absolute Gasteiger partial charge is 0.200 e. The SMILES string of the molecule is CSc1cccc(N=C(N)N(C)c2cccc([S@@](C)=O)c2)c1Cl.Cl. The zero-order valence-electron chi connectivity index (χ0n) is 13.5. The average Bonchev–Trinajstić information content (AvgIpc) is 2.56. The Kier molecular flexibility index (Phi) is 8.09. The van der Waals surface area contributed by atoms with Gasteiger partial charge in [0, 0.05) is 39.6 Å². The number of rotatable bonds is 4. The lowest BCUT2D eigenvalue weighted by Gasteiger charge is -2.19. The van der Waals surface area contributed by atoms with E-state index in [0.717, 1.165) is 15.5 Å². The summed E-state index contributed by atoms with van der Waals surface area (Å²) in [4.78, 5) is 7.84. The largest absolute Gasteiger partial charge is 0.369 e. The van der Waals surface area contributed by atoms with Gasteiger partial charge >= 0.3 is 0 Å². The van der Waals surface area contributed by atoms with Gasteiger partial charge in [0.2, 0.25) is 5.96 Å². The lowest BCUT2D eigenvalue weighted by molar-refractivity contribution is 0.687. The quantitative estimate of drug-likeness (QED) is 0.469. The number of hydrogen-bond donors (Lipinski definition) is 1. The fourth-order valence-corrected chi connectivity index (χ4v) is 3.40. The van der Waals surface area contributed by atoms with Gasteiger partial charge in [-0.05, 0) is 36.6 Å². The maximum absolute atomic E-state index is 11.6. The summed E-state index contributed by atoms with van der Waals surface area (Å²) in [5.74, 6) is 0.309. The highest BCUT2D eigenvalue weighted by Crippen LogP contribution is 2.33. The second-order valence-corrected chi connectivity index (χ2v) is 7.38. The van der Waals surface area contributed by atoms with Crippen molar-refractivity contribution in [3.8, 4) is 0 Å². The van der Waals surface area contributed by atoms with Crippen LogP contribution in [0.3, 0.4) is 0 Å². The van der Waals surface area contributed by atoms with Gasteiger partial charge in [-0.1, -0.05) is 23.7 Å². The van der Waals surface area contributed by atoms with Crippen LogP contribution in [0.5, 0.6) is 0 Å². The summed E-state index contributed by atoms with van der Waals surface area (Å²) in [5, 5.41) is 0.583. The highest BCUT2D eigenvalue weighted by molar-refractivity contribution is 7.98. The molecular formula is C16H19Cl2N3OS2. The Morgan fingerprint density at radius 3 is 2.58 bits per heavy atom. The molecule has 0 aliphatic heterocycles. The molecule has 0 saturated carbocycles. The molecule has 0 heterocycles. The van der Waals surface area contributed by atoms with E-state index in [1.165, 1.54) is 0 Å². The molecule has 0 saturated heterocycles. The molecule has 2 rings (SSSR count). The van der Waals surface area contributed by atoms with Gasteiger partial charge in [-0.15, -0.1) is 24.2 Å². The number of nitrogens with zero attached hydrogens (tertiary/aromatic N) is 2. The minimum absolute atomic E-state index is 0. The molecular weight excluding hydrogens is 385 g/mol. The molecule has 0 unspecified atom stereocenters. The third-order valence-electron chi connectivity index (χ3n) is 3.28. The fraction of sp³-hybridized carbons (Fsp3) is 0.188. The molecule has 1 atom stereocenters. The molecule has 0 radical (unpaired) electrons. The van der Waals surface area contributed by atoms with Crippen molar-refractivity contribution in [2.75, 3.05) is 24.5 Å². The minimum Gasteiger partial charge on any atom is -0.369 e. The number of guanidine groups is 1. The maximum Gasteiger partial charge on any atom is 0.200 e. The molecule has 4 nitrogen and oxygen atoms in total. The molecule has 0 aliphatic rings. The highest BCUT2D eigenvalue weighted by atomic mass is 35.5. The van der Waals surface area contributed by atoms with E-state index in [2.05, 4.69) is 4.99 Å². The van der Waals surface area contributed by atoms with Crippen molar-refractivity contribution in [3.05, 3.63) is 47.5 Å². The normalized spacial score (nSPS) is 12.4. The van der Waals surface area contributed by atoms with E-state index >= 15 is 0 Å². The summed E-state index contributed by atoms with van der Waals surface area (Å²) < 4.78 is 11.6. The van der Waals surface area contributed by atoms with Gasteiger partial charge in [0.15, 0.2) is 0 Å². The van der Waals surface area contributed by atoms with Crippen LogP contribution in [0, 0.1) is 0 Å². The Morgan fingerprint density at radius 1 is 1.29 bits per heavy atom. The first kappa shape index (κ1) is 20.8. The molecule has 0 aromatic heterocycles. The van der Waals surface area contributed by atoms with Crippen LogP contribution in [0.25, 0.3) is 0 Å². The Hall–Kier alpha value is -1.21. The van der Waals surface area contributed by atoms with Crippen LogP contribution >= 0.6 is 35.8 Å². The van der Waals surface area contributed by atoms with Crippen molar-refractivity contribution in [3.63, 3.8) is 0 Å². The molecule has 0 amide bonds. The molecule has 24 heavy (non-hydrogen) atoms. The van der Waals surface area contributed by atoms with Crippen molar-refractivity contribution in [1.82, 2.24) is 0 Å². The van der Waals surface area contributed by atoms with Crippen molar-refractivity contribution < 1.29 is 4.21 Å². The van der Waals surface area contributed by atoms with Gasteiger partial charge in [0.25, 0.3) is 0 Å². The van der Waals surface area contributed by atoms with E-state index in [1.807, 2.05) is 55.8 Å². The van der Waals surface area contributed by atoms with Crippen molar-refractivity contribution in [2.45, 2.75) is 9.79 Å². The number of nitrogens with two attached hydrogens (primary N) is 1. The average molecular weight is 404 g/mol. The molecule has 2 N–H and O–H groups in total. The predicted octanol–water partition coefficient (Wildman–Crippen LogP) is 4.30. The third-order valence-corrected chi connectivity index (χ3v) is 5.49. The zero-order valence-corrected chi connectivity index (χ0v) is 16.7. The number of hydrogen-bond acceptors (Lipinski definition) is 3. The topological polar surface area (TPSA) is 58.7 Å². The molecule has 0 spiro atoms. The number of aliphatic imine (C=N–C) groups is 1. The van der Waals surface area contributed by atoms with Crippen molar-refractivity contribution in [1.29, 1.82) is 0 Å². The molecule has 0 aliphatic carbocycles. The molecule has 2 aromatic rings. The maximum atomic E-state index is 11.6. The first-order valence-corrected chi connectivity index (χ1v) is 9.94. The van der Waals surface area contributed by atoms with Crippen molar-refractivity contribution in [2.24, 2.45) is 10.7 Å². The van der Waals surface area contributed by atoms with Crippen LogP contribution < -0.4 is 10.6 Å². The molecule has 130 valence electrons. The number of benzene rings is 2. The molecule has 2 aromatic carbocycles. The molecule has 0 fully saturated rings. The molecule has 0 bridgehead atoms. The second kappa shape index (κ2) is 9.32. The van der Waals surface area contributed by atoms with Crippen LogP contribution in [0.2, 0.25) is 5.02 Å². The van der Waals surface area contributed by atoms with Gasteiger partial charge in [-0.2, -0.15) is 0 Å². The van der Waals surface area contributed by atoms with Gasteiger partial charge < -0.3 is 10.6 Å². The summed E-state index contributed by atoms with van der Waals surface area (Å²) in [6.45, 7) is 0. The highest BCUT2D eigenvalue weighted by Gasteiger charge is 2.10. The first-order valence-electron chi connectivity index (χ1n) is 6.78. The van der Waals surface area contributed by atoms with Crippen LogP contribution in [0.1, 0.15) is 0 Å². The first-order chi connectivity index (χ1) is 10.9. The fourth-order valence-electron chi connectivity index (χ4n) is 1.94. The second-order valence-electron chi connectivity index (χ2n) is 4.77. The summed E-state index contributed by atoms with van der Waals surface area (Å²) in [7, 11) is 0.762. The predicted molar refractivity (Wildman–Crippen MR) is 109 cm³/mol. The van der Waals surface area contributed by atoms with Crippen LogP contribution in [0.4, 0.5) is 11.4 Å². The summed E-state index contributed by atoms with van der Waals surface area (Å²) in [5.41, 5.74) is 7.54. The van der Waals surface area contributed by atoms with E-state index in [-0.39, 0.29) is 12.4 Å². The van der Waals surface area contributed by atoms with Gasteiger partial charge in [0.1, 0.15) is 0 Å². The zero-order chi connectivity index (χ0) is 17.0. The van der Waals surface area contributed by atoms with Gasteiger partial charge in [0.05, 0.1) is 10.7 Å². The summed E-state index contributed by atoms with van der Waals surface area (Å²) in [6, 6.07) is 13.0. The standard InChI is InChI=1S/C16H18ClN3OS2.ClH/c1-20(11-6-4-7-12(10-11)23(3)21)16(18)19-13-8-5-9-14(22-2)15(13)17;/h4-10H,1-3H3,(H2,18,19);1H/t23-;/m1./s1. The Labute approximate surface area is 160 Å². The van der Waals surface area contributed by atoms with E-state index in [4.69, 9.17) is 17.3 Å². The van der Waals surface area contributed by atoms with Gasteiger partial charge in [-0.3, -0.25) is 4.21 Å². The lowest BCUT2D eigenvalue weighted by Crippen LogP contribution is -2.33.